The van der Waals surface area contributed by atoms with Gasteiger partial charge in [-0.3, -0.25) is 19.7 Å². The first-order chi connectivity index (χ1) is 18.1. The Kier molecular flexibility index (Phi) is 6.96. The number of halogens is 4. The lowest BCUT2D eigenvalue weighted by atomic mass is 9.75. The number of fused-ring (bicyclic) bond motifs is 1. The van der Waals surface area contributed by atoms with Crippen molar-refractivity contribution in [3.05, 3.63) is 89.4 Å². The molecule has 1 aliphatic rings. The predicted octanol–water partition coefficient (Wildman–Crippen LogP) is 6.51. The quantitative estimate of drug-likeness (QED) is 0.239. The Bertz CT molecular complexity index is 1480. The van der Waals surface area contributed by atoms with Crippen molar-refractivity contribution < 1.29 is 22.4 Å². The van der Waals surface area contributed by atoms with Gasteiger partial charge in [0.15, 0.2) is 5.78 Å². The Morgan fingerprint density at radius 2 is 1.79 bits per heavy atom. The Morgan fingerprint density at radius 1 is 1.00 bits per heavy atom. The molecule has 0 spiro atoms. The molecule has 1 aromatic carbocycles. The van der Waals surface area contributed by atoms with E-state index in [2.05, 4.69) is 21.9 Å². The molecule has 3 aromatic heterocycles. The van der Waals surface area contributed by atoms with Crippen LogP contribution in [0.3, 0.4) is 0 Å². The minimum Gasteiger partial charge on any atom is -0.328 e. The maximum absolute atomic E-state index is 14.8. The Labute approximate surface area is 217 Å². The number of rotatable bonds is 5. The normalized spacial score (nSPS) is 20.0. The van der Waals surface area contributed by atoms with E-state index in [-0.39, 0.29) is 40.6 Å². The first kappa shape index (κ1) is 25.9. The molecule has 1 fully saturated rings. The van der Waals surface area contributed by atoms with E-state index in [4.69, 9.17) is 5.73 Å². The van der Waals surface area contributed by atoms with Crippen molar-refractivity contribution in [2.75, 3.05) is 0 Å². The van der Waals surface area contributed by atoms with Crippen LogP contribution in [0.2, 0.25) is 0 Å². The number of Topliss-reactive ketones (excluding diaryl/α,β-unsaturated/α-hetero) is 1. The van der Waals surface area contributed by atoms with E-state index in [1.165, 1.54) is 30.5 Å². The molecular weight excluding hydrogens is 496 g/mol. The maximum atomic E-state index is 14.8. The molecule has 3 atom stereocenters. The van der Waals surface area contributed by atoms with Gasteiger partial charge < -0.3 is 5.73 Å². The Balaban J connectivity index is 1.45. The van der Waals surface area contributed by atoms with E-state index < -0.39 is 17.7 Å². The van der Waals surface area contributed by atoms with Gasteiger partial charge in [-0.2, -0.15) is 13.2 Å². The number of nitrogens with zero attached hydrogens (tertiary/aromatic N) is 3. The molecule has 0 bridgehead atoms. The van der Waals surface area contributed by atoms with Crippen molar-refractivity contribution in [2.45, 2.75) is 50.7 Å². The zero-order valence-electron chi connectivity index (χ0n) is 20.7. The number of benzene rings is 1. The van der Waals surface area contributed by atoms with Crippen LogP contribution in [0, 0.1) is 11.7 Å². The molecule has 0 amide bonds. The molecule has 38 heavy (non-hydrogen) atoms. The van der Waals surface area contributed by atoms with Crippen molar-refractivity contribution in [3.8, 4) is 11.1 Å². The van der Waals surface area contributed by atoms with Gasteiger partial charge in [-0.05, 0) is 72.6 Å². The fourth-order valence-corrected chi connectivity index (χ4v) is 5.46. The standard InChI is InChI=1S/C29H26F4N4O/c1-16-8-18(10-21(34)9-16)22-6-7-35-13-20(22)12-26(38)23-3-4-25(30)24-11-19(15-37-28(23)24)17-2-5-27(36-14-17)29(31,32)33/h2-7,11,13-16,18,21H,8-10,12,34H2,1H3/t16-,18+,21-/m0/s1. The van der Waals surface area contributed by atoms with Gasteiger partial charge in [0.2, 0.25) is 0 Å². The fourth-order valence-electron chi connectivity index (χ4n) is 5.46. The van der Waals surface area contributed by atoms with Crippen LogP contribution in [-0.2, 0) is 12.6 Å². The molecule has 1 aliphatic carbocycles. The van der Waals surface area contributed by atoms with Gasteiger partial charge in [0.1, 0.15) is 11.5 Å². The fraction of sp³-hybridized carbons (Fsp3) is 0.310. The number of ketones is 1. The van der Waals surface area contributed by atoms with E-state index in [9.17, 15) is 22.4 Å². The highest BCUT2D eigenvalue weighted by molar-refractivity contribution is 6.08. The molecule has 3 heterocycles. The zero-order chi connectivity index (χ0) is 27.0. The van der Waals surface area contributed by atoms with Gasteiger partial charge in [-0.25, -0.2) is 4.39 Å². The van der Waals surface area contributed by atoms with Crippen molar-refractivity contribution in [2.24, 2.45) is 11.7 Å². The van der Waals surface area contributed by atoms with Crippen LogP contribution in [0.15, 0.2) is 61.2 Å². The summed E-state index contributed by atoms with van der Waals surface area (Å²) in [5.41, 5.74) is 8.32. The molecule has 0 radical (unpaired) electrons. The summed E-state index contributed by atoms with van der Waals surface area (Å²) in [5, 5.41) is 0.103. The topological polar surface area (TPSA) is 81.8 Å². The Hall–Kier alpha value is -3.72. The third-order valence-corrected chi connectivity index (χ3v) is 7.20. The summed E-state index contributed by atoms with van der Waals surface area (Å²) in [4.78, 5) is 25.5. The molecule has 0 aliphatic heterocycles. The minimum atomic E-state index is -4.56. The number of pyridine rings is 3. The number of carbonyl (C=O) groups excluding carboxylic acids is 1. The third kappa shape index (κ3) is 5.29. The van der Waals surface area contributed by atoms with Crippen molar-refractivity contribution in [1.29, 1.82) is 0 Å². The van der Waals surface area contributed by atoms with E-state index in [1.807, 2.05) is 6.07 Å². The number of hydrogen-bond acceptors (Lipinski definition) is 5. The molecule has 1 saturated carbocycles. The average molecular weight is 523 g/mol. The van der Waals surface area contributed by atoms with E-state index in [1.54, 1.807) is 12.4 Å². The summed E-state index contributed by atoms with van der Waals surface area (Å²) in [6.07, 6.45) is 4.23. The number of nitrogens with two attached hydrogens (primary N) is 1. The van der Waals surface area contributed by atoms with E-state index in [0.717, 1.165) is 42.7 Å². The van der Waals surface area contributed by atoms with E-state index in [0.29, 0.717) is 17.0 Å². The number of alkyl halides is 3. The average Bonchev–Trinajstić information content (AvgIpc) is 2.88. The van der Waals surface area contributed by atoms with Gasteiger partial charge in [-0.15, -0.1) is 0 Å². The van der Waals surface area contributed by atoms with Gasteiger partial charge in [-0.1, -0.05) is 13.0 Å². The molecule has 0 unspecified atom stereocenters. The molecule has 2 N–H and O–H groups in total. The highest BCUT2D eigenvalue weighted by atomic mass is 19.4. The maximum Gasteiger partial charge on any atom is 0.433 e. The second-order valence-electron chi connectivity index (χ2n) is 10.1. The molecular formula is C29H26F4N4O. The predicted molar refractivity (Wildman–Crippen MR) is 136 cm³/mol. The lowest BCUT2D eigenvalue weighted by Gasteiger charge is -2.32. The van der Waals surface area contributed by atoms with Crippen molar-refractivity contribution in [1.82, 2.24) is 15.0 Å². The van der Waals surface area contributed by atoms with Crippen LogP contribution in [0.5, 0.6) is 0 Å². The molecule has 196 valence electrons. The van der Waals surface area contributed by atoms with Gasteiger partial charge >= 0.3 is 6.18 Å². The number of hydrogen-bond donors (Lipinski definition) is 1. The number of aromatic nitrogens is 3. The molecule has 9 heteroatoms. The second kappa shape index (κ2) is 10.2. The summed E-state index contributed by atoms with van der Waals surface area (Å²) >= 11 is 0. The highest BCUT2D eigenvalue weighted by Gasteiger charge is 2.32. The van der Waals surface area contributed by atoms with E-state index >= 15 is 0 Å². The van der Waals surface area contributed by atoms with Gasteiger partial charge in [0, 0.05) is 59.3 Å². The van der Waals surface area contributed by atoms with Crippen molar-refractivity contribution >= 4 is 16.7 Å². The summed E-state index contributed by atoms with van der Waals surface area (Å²) in [6.45, 7) is 2.18. The third-order valence-electron chi connectivity index (χ3n) is 7.20. The second-order valence-corrected chi connectivity index (χ2v) is 10.1. The monoisotopic (exact) mass is 522 g/mol. The molecule has 0 saturated heterocycles. The van der Waals surface area contributed by atoms with Crippen LogP contribution in [0.25, 0.3) is 22.0 Å². The summed E-state index contributed by atoms with van der Waals surface area (Å²) in [6, 6.07) is 8.27. The van der Waals surface area contributed by atoms with Crippen LogP contribution in [0.4, 0.5) is 17.6 Å². The minimum absolute atomic E-state index is 0.0796. The van der Waals surface area contributed by atoms with Crippen LogP contribution < -0.4 is 5.73 Å². The van der Waals surface area contributed by atoms with Crippen LogP contribution in [0.1, 0.15) is 59.3 Å². The molecule has 4 aromatic rings. The largest absolute Gasteiger partial charge is 0.433 e. The lowest BCUT2D eigenvalue weighted by molar-refractivity contribution is -0.141. The first-order valence-corrected chi connectivity index (χ1v) is 12.4. The Morgan fingerprint density at radius 3 is 2.50 bits per heavy atom. The summed E-state index contributed by atoms with van der Waals surface area (Å²) < 4.78 is 53.4. The molecule has 5 nitrogen and oxygen atoms in total. The summed E-state index contributed by atoms with van der Waals surface area (Å²) in [5.74, 6) is -0.0887. The van der Waals surface area contributed by atoms with Crippen molar-refractivity contribution in [3.63, 3.8) is 0 Å². The highest BCUT2D eigenvalue weighted by Crippen LogP contribution is 2.37. The van der Waals surface area contributed by atoms with Gasteiger partial charge in [0.05, 0.1) is 5.52 Å². The van der Waals surface area contributed by atoms with Crippen LogP contribution >= 0.6 is 0 Å². The van der Waals surface area contributed by atoms with Crippen LogP contribution in [-0.4, -0.2) is 26.8 Å². The zero-order valence-corrected chi connectivity index (χ0v) is 20.7. The smallest absolute Gasteiger partial charge is 0.328 e. The summed E-state index contributed by atoms with van der Waals surface area (Å²) in [7, 11) is 0. The lowest BCUT2D eigenvalue weighted by Crippen LogP contribution is -2.31. The SMILES string of the molecule is C[C@@H]1C[C@H](N)C[C@H](c2ccncc2CC(=O)c2ccc(F)c3cc(-c4ccc(C(F)(F)F)nc4)cnc23)C1. The molecule has 5 rings (SSSR count). The first-order valence-electron chi connectivity index (χ1n) is 12.4. The van der Waals surface area contributed by atoms with Gasteiger partial charge in [0.25, 0.3) is 0 Å². The number of carbonyl (C=O) groups is 1.